The molecular formula is C64H50O2. The van der Waals surface area contributed by atoms with Gasteiger partial charge in [0.25, 0.3) is 0 Å². The van der Waals surface area contributed by atoms with Crippen LogP contribution in [0, 0.1) is 0 Å². The van der Waals surface area contributed by atoms with Crippen LogP contribution < -0.4 is 0 Å². The van der Waals surface area contributed by atoms with Gasteiger partial charge in [0.2, 0.25) is 0 Å². The molecule has 318 valence electrons. The lowest BCUT2D eigenvalue weighted by molar-refractivity contribution is 0.633. The summed E-state index contributed by atoms with van der Waals surface area (Å²) in [6.45, 7) is 9.25. The minimum atomic E-state index is 0.793. The molecule has 0 atom stereocenters. The van der Waals surface area contributed by atoms with Gasteiger partial charge in [0.1, 0.15) is 11.2 Å². The van der Waals surface area contributed by atoms with Crippen molar-refractivity contribution >= 4 is 77.6 Å². The van der Waals surface area contributed by atoms with Gasteiger partial charge in [0, 0.05) is 21.5 Å². The Morgan fingerprint density at radius 2 is 0.909 bits per heavy atom. The van der Waals surface area contributed by atoms with Gasteiger partial charge in [0.15, 0.2) is 11.2 Å². The Morgan fingerprint density at radius 1 is 0.409 bits per heavy atom. The molecule has 0 aliphatic heterocycles. The van der Waals surface area contributed by atoms with E-state index in [4.69, 9.17) is 8.83 Å². The molecule has 0 bridgehead atoms. The molecule has 1 aliphatic rings. The van der Waals surface area contributed by atoms with Crippen LogP contribution in [0.2, 0.25) is 0 Å². The lowest BCUT2D eigenvalue weighted by Gasteiger charge is -2.20. The second kappa shape index (κ2) is 18.5. The van der Waals surface area contributed by atoms with Crippen LogP contribution in [0.3, 0.4) is 0 Å². The van der Waals surface area contributed by atoms with E-state index < -0.39 is 0 Å². The standard InChI is InChI=1S/C55H34O2.C6H10.C3H6/c1-2-18-43-45(19-3-1)53(46-21-7-6-20-44(46)52(43)36-26-24-35(25-27-36)41-22-11-13-34-12-4-5-16-40(34)41)39-15-10-14-37(32-39)38-28-31-51-49(33-38)48-30-29-47-42-17-8-9-23-50(42)56-54(47)55(48)57-51;1-3-5-6-4-2;1-3-2/h2-33H,1H2;3-6H,1-2H3;3H,1H2,2H3/b;5-3-,6-4-;. The lowest BCUT2D eigenvalue weighted by atomic mass is 9.83. The molecule has 0 fully saturated rings. The predicted octanol–water partition coefficient (Wildman–Crippen LogP) is 19.2. The second-order valence-electron chi connectivity index (χ2n) is 16.5. The molecule has 0 unspecified atom stereocenters. The molecule has 0 N–H and O–H groups in total. The second-order valence-corrected chi connectivity index (χ2v) is 16.5. The minimum Gasteiger partial charge on any atom is -0.452 e. The van der Waals surface area contributed by atoms with Crippen LogP contribution >= 0.6 is 0 Å². The molecule has 66 heavy (non-hydrogen) atoms. The number of hydrogen-bond acceptors (Lipinski definition) is 2. The number of hydrogen-bond donors (Lipinski definition) is 0. The molecule has 12 rings (SSSR count). The molecular weight excluding hydrogens is 801 g/mol. The van der Waals surface area contributed by atoms with Gasteiger partial charge in [-0.25, -0.2) is 0 Å². The summed E-state index contributed by atoms with van der Waals surface area (Å²) in [7, 11) is 0. The Labute approximate surface area is 386 Å². The van der Waals surface area contributed by atoms with Crippen LogP contribution in [-0.2, 0) is 0 Å². The Kier molecular flexibility index (Phi) is 11.7. The highest BCUT2D eigenvalue weighted by Crippen LogP contribution is 2.46. The van der Waals surface area contributed by atoms with Gasteiger partial charge in [-0.15, -0.1) is 6.58 Å². The van der Waals surface area contributed by atoms with Crippen molar-refractivity contribution in [3.63, 3.8) is 0 Å². The number of para-hydroxylation sites is 1. The fourth-order valence-electron chi connectivity index (χ4n) is 9.46. The number of benzene rings is 9. The molecule has 0 amide bonds. The van der Waals surface area contributed by atoms with Crippen LogP contribution in [0.5, 0.6) is 0 Å². The van der Waals surface area contributed by atoms with Gasteiger partial charge in [-0.05, 0) is 141 Å². The van der Waals surface area contributed by atoms with Crippen molar-refractivity contribution in [1.82, 2.24) is 0 Å². The van der Waals surface area contributed by atoms with E-state index in [-0.39, 0.29) is 0 Å². The Morgan fingerprint density at radius 3 is 1.59 bits per heavy atom. The minimum absolute atomic E-state index is 0.793. The number of fused-ring (bicyclic) bond motifs is 10. The van der Waals surface area contributed by atoms with Gasteiger partial charge >= 0.3 is 0 Å². The van der Waals surface area contributed by atoms with Crippen LogP contribution in [0.25, 0.3) is 122 Å². The van der Waals surface area contributed by atoms with E-state index in [9.17, 15) is 0 Å². The third-order valence-electron chi connectivity index (χ3n) is 12.4. The Bertz CT molecular complexity index is 3700. The fourth-order valence-corrected chi connectivity index (χ4v) is 9.46. The van der Waals surface area contributed by atoms with Crippen LogP contribution in [-0.4, -0.2) is 0 Å². The summed E-state index contributed by atoms with van der Waals surface area (Å²) in [6.07, 6.45) is 19.9. The summed E-state index contributed by atoms with van der Waals surface area (Å²) in [5.74, 6) is 0. The molecule has 0 spiro atoms. The summed E-state index contributed by atoms with van der Waals surface area (Å²) in [4.78, 5) is 0. The highest BCUT2D eigenvalue weighted by Gasteiger charge is 2.21. The number of furan rings is 2. The van der Waals surface area contributed by atoms with Gasteiger partial charge in [-0.3, -0.25) is 0 Å². The largest absolute Gasteiger partial charge is 0.452 e. The molecule has 1 aliphatic carbocycles. The van der Waals surface area contributed by atoms with Gasteiger partial charge in [-0.2, -0.15) is 0 Å². The van der Waals surface area contributed by atoms with Crippen LogP contribution in [0.15, 0.2) is 228 Å². The maximum atomic E-state index is 6.49. The number of allylic oxidation sites excluding steroid dienone is 7. The Balaban J connectivity index is 0.000000523. The van der Waals surface area contributed by atoms with Crippen molar-refractivity contribution in [2.45, 2.75) is 27.2 Å². The third-order valence-corrected chi connectivity index (χ3v) is 12.4. The first-order valence-electron chi connectivity index (χ1n) is 22.8. The van der Waals surface area contributed by atoms with E-state index >= 15 is 0 Å². The summed E-state index contributed by atoms with van der Waals surface area (Å²) in [5, 5.41) is 9.34. The van der Waals surface area contributed by atoms with Crippen molar-refractivity contribution < 1.29 is 8.83 Å². The van der Waals surface area contributed by atoms with Crippen molar-refractivity contribution in [3.05, 3.63) is 230 Å². The zero-order valence-electron chi connectivity index (χ0n) is 37.6. The van der Waals surface area contributed by atoms with Crippen LogP contribution in [0.4, 0.5) is 0 Å². The molecule has 2 aromatic heterocycles. The van der Waals surface area contributed by atoms with Crippen LogP contribution in [0.1, 0.15) is 38.3 Å². The predicted molar refractivity (Wildman–Crippen MR) is 286 cm³/mol. The molecule has 2 heteroatoms. The fraction of sp³-hybridized carbons (Fsp3) is 0.0625. The summed E-state index contributed by atoms with van der Waals surface area (Å²) < 4.78 is 12.8. The Hall–Kier alpha value is -8.20. The summed E-state index contributed by atoms with van der Waals surface area (Å²) in [5.41, 5.74) is 15.5. The highest BCUT2D eigenvalue weighted by molar-refractivity contribution is 6.19. The van der Waals surface area contributed by atoms with Crippen molar-refractivity contribution in [1.29, 1.82) is 0 Å². The monoisotopic (exact) mass is 850 g/mol. The van der Waals surface area contributed by atoms with Crippen molar-refractivity contribution in [2.75, 3.05) is 0 Å². The van der Waals surface area contributed by atoms with E-state index in [1.807, 2.05) is 63.3 Å². The smallest absolute Gasteiger partial charge is 0.178 e. The highest BCUT2D eigenvalue weighted by atomic mass is 16.4. The molecule has 2 nitrogen and oxygen atoms in total. The zero-order chi connectivity index (χ0) is 45.0. The SMILES string of the molecule is C/C=C\C=C/C.C1=Cc2c(c(-c3cccc(-c4ccc5oc6c(ccc7c8ccccc8oc76)c5c4)c3)c3ccccc3c2-c2ccc(-c3cccc4ccccc34)cc2)C=CC1.C=CC. The zero-order valence-corrected chi connectivity index (χ0v) is 37.6. The molecule has 0 saturated carbocycles. The van der Waals surface area contributed by atoms with Crippen molar-refractivity contribution in [3.8, 4) is 44.5 Å². The normalized spacial score (nSPS) is 12.2. The quantitative estimate of drug-likeness (QED) is 0.127. The molecule has 2 heterocycles. The van der Waals surface area contributed by atoms with E-state index in [1.54, 1.807) is 6.08 Å². The first-order valence-corrected chi connectivity index (χ1v) is 22.8. The molecule has 9 aromatic carbocycles. The molecule has 0 saturated heterocycles. The third kappa shape index (κ3) is 7.67. The van der Waals surface area contributed by atoms with Gasteiger partial charge in [0.05, 0.1) is 0 Å². The summed E-state index contributed by atoms with van der Waals surface area (Å²) in [6, 6.07) is 61.3. The first kappa shape index (κ1) is 41.8. The van der Waals surface area contributed by atoms with E-state index in [0.717, 1.165) is 61.4 Å². The molecule has 0 radical (unpaired) electrons. The average Bonchev–Trinajstić information content (AvgIpc) is 3.84. The first-order chi connectivity index (χ1) is 32.6. The van der Waals surface area contributed by atoms with Crippen molar-refractivity contribution in [2.24, 2.45) is 0 Å². The average molecular weight is 851 g/mol. The molecule has 11 aromatic rings. The maximum Gasteiger partial charge on any atom is 0.178 e. The lowest BCUT2D eigenvalue weighted by Crippen LogP contribution is -1.96. The van der Waals surface area contributed by atoms with E-state index in [2.05, 4.69) is 183 Å². The maximum absolute atomic E-state index is 6.49. The van der Waals surface area contributed by atoms with Gasteiger partial charge in [-0.1, -0.05) is 188 Å². The van der Waals surface area contributed by atoms with Gasteiger partial charge < -0.3 is 8.83 Å². The van der Waals surface area contributed by atoms with E-state index in [1.165, 1.54) is 66.1 Å². The topological polar surface area (TPSA) is 26.3 Å². The van der Waals surface area contributed by atoms with E-state index in [0.29, 0.717) is 0 Å². The number of rotatable bonds is 5. The summed E-state index contributed by atoms with van der Waals surface area (Å²) >= 11 is 0.